The lowest BCUT2D eigenvalue weighted by Gasteiger charge is -2.52. The number of rotatable bonds is 6. The Kier molecular flexibility index (Phi) is 8.36. The fourth-order valence-corrected chi connectivity index (χ4v) is 6.56. The number of anilines is 1. The minimum Gasteiger partial charge on any atom is -1.00 e. The SMILES string of the molecule is Cc1ccc(NC(=O)C[N+]23CCC(CC2)[C@@H](OC(=O)C2(c4ccccc4)CCCCCC2)C3)nc1.[Cl-]. The number of quaternary nitrogens is 1. The number of carbonyl (C=O) groups is 2. The van der Waals surface area contributed by atoms with E-state index in [0.29, 0.717) is 22.8 Å². The molecule has 1 aliphatic carbocycles. The molecule has 7 heteroatoms. The van der Waals surface area contributed by atoms with Gasteiger partial charge in [-0.25, -0.2) is 4.98 Å². The second-order valence-electron chi connectivity index (χ2n) is 11.0. The molecule has 4 aliphatic rings. The van der Waals surface area contributed by atoms with Gasteiger partial charge in [-0.05, 0) is 37.0 Å². The van der Waals surface area contributed by atoms with Crippen LogP contribution in [-0.2, 0) is 19.7 Å². The third-order valence-corrected chi connectivity index (χ3v) is 8.63. The summed E-state index contributed by atoms with van der Waals surface area (Å²) in [5, 5.41) is 2.96. The smallest absolute Gasteiger partial charge is 0.317 e. The number of aryl methyl sites for hydroxylation is 1. The van der Waals surface area contributed by atoms with E-state index in [2.05, 4.69) is 22.4 Å². The zero-order chi connectivity index (χ0) is 24.3. The number of amides is 1. The highest BCUT2D eigenvalue weighted by Gasteiger charge is 2.51. The van der Waals surface area contributed by atoms with Gasteiger partial charge < -0.3 is 26.9 Å². The number of hydrogen-bond acceptors (Lipinski definition) is 4. The second kappa shape index (κ2) is 11.3. The highest BCUT2D eigenvalue weighted by atomic mass is 35.5. The lowest BCUT2D eigenvalue weighted by atomic mass is 9.74. The first-order valence-electron chi connectivity index (χ1n) is 13.3. The number of nitrogens with zero attached hydrogens (tertiary/aromatic N) is 2. The molecule has 1 N–H and O–H groups in total. The van der Waals surface area contributed by atoms with E-state index in [4.69, 9.17) is 4.74 Å². The molecule has 0 spiro atoms. The van der Waals surface area contributed by atoms with Crippen molar-refractivity contribution in [2.45, 2.75) is 69.8 Å². The van der Waals surface area contributed by atoms with Crippen molar-refractivity contribution in [3.8, 4) is 0 Å². The number of halogens is 1. The molecule has 0 radical (unpaired) electrons. The quantitative estimate of drug-likeness (QED) is 0.365. The topological polar surface area (TPSA) is 68.3 Å². The Morgan fingerprint density at radius 1 is 1.03 bits per heavy atom. The van der Waals surface area contributed by atoms with Gasteiger partial charge in [0.15, 0.2) is 12.6 Å². The van der Waals surface area contributed by atoms with Gasteiger partial charge in [0, 0.05) is 25.0 Å². The van der Waals surface area contributed by atoms with Crippen molar-refractivity contribution in [2.24, 2.45) is 5.92 Å². The molecule has 4 fully saturated rings. The summed E-state index contributed by atoms with van der Waals surface area (Å²) in [6, 6.07) is 14.1. The first-order chi connectivity index (χ1) is 17.0. The Labute approximate surface area is 220 Å². The molecule has 6 rings (SSSR count). The van der Waals surface area contributed by atoms with Gasteiger partial charge in [-0.1, -0.05) is 62.1 Å². The Bertz CT molecular complexity index is 1030. The molecule has 6 nitrogen and oxygen atoms in total. The van der Waals surface area contributed by atoms with E-state index >= 15 is 0 Å². The van der Waals surface area contributed by atoms with Gasteiger partial charge >= 0.3 is 5.97 Å². The van der Waals surface area contributed by atoms with Crippen LogP contribution in [0.2, 0.25) is 0 Å². The van der Waals surface area contributed by atoms with E-state index in [1.807, 2.05) is 37.3 Å². The monoisotopic (exact) mass is 511 g/mol. The molecule has 1 aromatic heterocycles. The van der Waals surface area contributed by atoms with Gasteiger partial charge in [-0.2, -0.15) is 0 Å². The van der Waals surface area contributed by atoms with Crippen molar-refractivity contribution < 1.29 is 31.2 Å². The van der Waals surface area contributed by atoms with Crippen LogP contribution in [0.15, 0.2) is 48.7 Å². The predicted molar refractivity (Wildman–Crippen MR) is 136 cm³/mol. The minimum absolute atomic E-state index is 0. The number of piperidine rings is 3. The lowest BCUT2D eigenvalue weighted by Crippen LogP contribution is -3.00. The van der Waals surface area contributed by atoms with Crippen molar-refractivity contribution in [2.75, 3.05) is 31.5 Å². The van der Waals surface area contributed by atoms with E-state index in [1.165, 1.54) is 12.8 Å². The van der Waals surface area contributed by atoms with E-state index in [0.717, 1.165) is 69.3 Å². The maximum atomic E-state index is 13.9. The molecule has 1 amide bonds. The van der Waals surface area contributed by atoms with Gasteiger partial charge in [0.1, 0.15) is 12.4 Å². The van der Waals surface area contributed by atoms with Gasteiger partial charge in [-0.3, -0.25) is 9.59 Å². The number of pyridine rings is 1. The van der Waals surface area contributed by atoms with Crippen LogP contribution in [0.3, 0.4) is 0 Å². The van der Waals surface area contributed by atoms with E-state index in [9.17, 15) is 9.59 Å². The summed E-state index contributed by atoms with van der Waals surface area (Å²) in [6.07, 6.45) is 9.87. The number of aromatic nitrogens is 1. The fraction of sp³-hybridized carbons (Fsp3) is 0.552. The molecule has 4 heterocycles. The van der Waals surface area contributed by atoms with Crippen LogP contribution in [0.1, 0.15) is 62.5 Å². The number of esters is 1. The lowest BCUT2D eigenvalue weighted by molar-refractivity contribution is -0.939. The Hall–Kier alpha value is -2.44. The Morgan fingerprint density at radius 3 is 2.36 bits per heavy atom. The number of fused-ring (bicyclic) bond motifs is 3. The molecular formula is C29H38ClN3O3. The van der Waals surface area contributed by atoms with E-state index in [1.54, 1.807) is 6.20 Å². The summed E-state index contributed by atoms with van der Waals surface area (Å²) in [5.41, 5.74) is 1.62. The fourth-order valence-electron chi connectivity index (χ4n) is 6.56. The third kappa shape index (κ3) is 5.60. The van der Waals surface area contributed by atoms with Gasteiger partial charge in [-0.15, -0.1) is 0 Å². The second-order valence-corrected chi connectivity index (χ2v) is 11.0. The molecule has 1 saturated carbocycles. The van der Waals surface area contributed by atoms with Crippen molar-refractivity contribution in [1.29, 1.82) is 0 Å². The van der Waals surface area contributed by atoms with Crippen LogP contribution in [0.4, 0.5) is 5.82 Å². The molecule has 1 aromatic carbocycles. The summed E-state index contributed by atoms with van der Waals surface area (Å²) in [6.45, 7) is 5.05. The summed E-state index contributed by atoms with van der Waals surface area (Å²) in [4.78, 5) is 31.1. The number of nitrogens with one attached hydrogen (secondary N) is 1. The van der Waals surface area contributed by atoms with Crippen molar-refractivity contribution in [3.63, 3.8) is 0 Å². The summed E-state index contributed by atoms with van der Waals surface area (Å²) < 4.78 is 7.12. The van der Waals surface area contributed by atoms with Crippen LogP contribution in [0, 0.1) is 12.8 Å². The van der Waals surface area contributed by atoms with Crippen molar-refractivity contribution in [1.82, 2.24) is 4.98 Å². The molecule has 194 valence electrons. The van der Waals surface area contributed by atoms with Gasteiger partial charge in [0.05, 0.1) is 18.5 Å². The minimum atomic E-state index is -0.539. The number of benzene rings is 1. The maximum Gasteiger partial charge on any atom is 0.317 e. The van der Waals surface area contributed by atoms with Crippen LogP contribution in [0.25, 0.3) is 0 Å². The highest BCUT2D eigenvalue weighted by molar-refractivity contribution is 5.90. The maximum absolute atomic E-state index is 13.9. The molecule has 3 aliphatic heterocycles. The Balaban J connectivity index is 0.00000304. The summed E-state index contributed by atoms with van der Waals surface area (Å²) >= 11 is 0. The van der Waals surface area contributed by atoms with Crippen molar-refractivity contribution >= 4 is 17.7 Å². The highest BCUT2D eigenvalue weighted by Crippen LogP contribution is 2.42. The van der Waals surface area contributed by atoms with Crippen LogP contribution >= 0.6 is 0 Å². The van der Waals surface area contributed by atoms with E-state index in [-0.39, 0.29) is 30.4 Å². The van der Waals surface area contributed by atoms with Crippen LogP contribution < -0.4 is 17.7 Å². The first-order valence-corrected chi connectivity index (χ1v) is 13.3. The average molecular weight is 512 g/mol. The molecule has 36 heavy (non-hydrogen) atoms. The van der Waals surface area contributed by atoms with Crippen molar-refractivity contribution in [3.05, 3.63) is 59.8 Å². The number of ether oxygens (including phenoxy) is 1. The molecule has 2 aromatic rings. The zero-order valence-electron chi connectivity index (χ0n) is 21.3. The van der Waals surface area contributed by atoms with Gasteiger partial charge in [0.2, 0.25) is 0 Å². The third-order valence-electron chi connectivity index (χ3n) is 8.63. The molecular weight excluding hydrogens is 474 g/mol. The Morgan fingerprint density at radius 2 is 1.72 bits per heavy atom. The largest absolute Gasteiger partial charge is 1.00 e. The van der Waals surface area contributed by atoms with E-state index < -0.39 is 5.41 Å². The van der Waals surface area contributed by atoms with Crippen LogP contribution in [-0.4, -0.2) is 53.6 Å². The first kappa shape index (κ1) is 26.6. The number of carbonyl (C=O) groups excluding carboxylic acids is 2. The normalized spacial score (nSPS) is 26.8. The standard InChI is InChI=1S/C29H37N3O3.ClH/c1-22-11-12-26(30-19-22)31-27(33)21-32-17-13-23(14-18-32)25(20-32)35-28(34)29(15-7-2-3-8-16-29)24-9-5-4-6-10-24;/h4-6,9-12,19,23,25H,2-3,7-8,13-18,20-21H2,1H3;1H/t23?,25-,32?;/m0./s1. The summed E-state index contributed by atoms with van der Waals surface area (Å²) in [5.74, 6) is 0.929. The predicted octanol–water partition coefficient (Wildman–Crippen LogP) is 1.78. The molecule has 2 bridgehead atoms. The molecule has 0 unspecified atom stereocenters. The molecule has 1 atom stereocenters. The van der Waals surface area contributed by atoms with Gasteiger partial charge in [0.25, 0.3) is 5.91 Å². The summed E-state index contributed by atoms with van der Waals surface area (Å²) in [7, 11) is 0. The number of hydrogen-bond donors (Lipinski definition) is 1. The van der Waals surface area contributed by atoms with Crippen LogP contribution in [0.5, 0.6) is 0 Å². The zero-order valence-corrected chi connectivity index (χ0v) is 22.0. The molecule has 3 saturated heterocycles. The average Bonchev–Trinajstić information content (AvgIpc) is 3.14.